The van der Waals surface area contributed by atoms with E-state index in [-0.39, 0.29) is 18.4 Å². The summed E-state index contributed by atoms with van der Waals surface area (Å²) in [6.07, 6.45) is 4.12. The number of nitrogens with zero attached hydrogens (tertiary/aromatic N) is 2. The van der Waals surface area contributed by atoms with E-state index in [4.69, 9.17) is 5.11 Å². The zero-order valence-electron chi connectivity index (χ0n) is 12.5. The van der Waals surface area contributed by atoms with Crippen molar-refractivity contribution in [2.75, 3.05) is 11.9 Å². The SMILES string of the molecule is O=C(Nc1cn[nH]c1-c1nc2ccc(CCO)cc2[nH]1)C1CC1. The first-order chi connectivity index (χ1) is 11.2. The Morgan fingerprint density at radius 3 is 3.04 bits per heavy atom. The van der Waals surface area contributed by atoms with E-state index in [0.29, 0.717) is 23.6 Å². The molecule has 0 atom stereocenters. The van der Waals surface area contributed by atoms with E-state index in [1.54, 1.807) is 6.20 Å². The van der Waals surface area contributed by atoms with Gasteiger partial charge in [0.15, 0.2) is 5.82 Å². The number of nitrogens with one attached hydrogen (secondary N) is 3. The largest absolute Gasteiger partial charge is 0.396 e. The van der Waals surface area contributed by atoms with Crippen molar-refractivity contribution in [3.05, 3.63) is 30.0 Å². The van der Waals surface area contributed by atoms with Crippen LogP contribution in [0.15, 0.2) is 24.4 Å². The number of H-pyrrole nitrogens is 2. The van der Waals surface area contributed by atoms with Crippen molar-refractivity contribution >= 4 is 22.6 Å². The third kappa shape index (κ3) is 2.70. The number of aromatic amines is 2. The lowest BCUT2D eigenvalue weighted by Gasteiger charge is -2.02. The van der Waals surface area contributed by atoms with Gasteiger partial charge in [-0.3, -0.25) is 9.89 Å². The molecule has 3 aromatic rings. The fourth-order valence-corrected chi connectivity index (χ4v) is 2.60. The highest BCUT2D eigenvalue weighted by Gasteiger charge is 2.30. The molecule has 4 rings (SSSR count). The van der Waals surface area contributed by atoms with E-state index in [1.165, 1.54) is 0 Å². The van der Waals surface area contributed by atoms with Crippen molar-refractivity contribution in [2.45, 2.75) is 19.3 Å². The first kappa shape index (κ1) is 14.0. The number of imidazole rings is 1. The fraction of sp³-hybridized carbons (Fsp3) is 0.312. The van der Waals surface area contributed by atoms with Gasteiger partial charge in [0, 0.05) is 12.5 Å². The Balaban J connectivity index is 1.66. The Hall–Kier alpha value is -2.67. The van der Waals surface area contributed by atoms with Gasteiger partial charge in [-0.25, -0.2) is 4.98 Å². The Morgan fingerprint density at radius 2 is 2.26 bits per heavy atom. The molecule has 2 aromatic heterocycles. The van der Waals surface area contributed by atoms with Crippen LogP contribution in [0.25, 0.3) is 22.6 Å². The van der Waals surface area contributed by atoms with Gasteiger partial charge in [-0.05, 0) is 37.0 Å². The molecule has 1 aliphatic carbocycles. The van der Waals surface area contributed by atoms with Crippen molar-refractivity contribution < 1.29 is 9.90 Å². The predicted molar refractivity (Wildman–Crippen MR) is 85.8 cm³/mol. The highest BCUT2D eigenvalue weighted by atomic mass is 16.3. The van der Waals surface area contributed by atoms with Gasteiger partial charge in [0.2, 0.25) is 5.91 Å². The third-order valence-corrected chi connectivity index (χ3v) is 4.03. The van der Waals surface area contributed by atoms with Gasteiger partial charge in [0.25, 0.3) is 0 Å². The van der Waals surface area contributed by atoms with Crippen molar-refractivity contribution in [2.24, 2.45) is 5.92 Å². The molecule has 0 spiro atoms. The van der Waals surface area contributed by atoms with Crippen LogP contribution >= 0.6 is 0 Å². The fourth-order valence-electron chi connectivity index (χ4n) is 2.60. The molecule has 1 saturated carbocycles. The molecule has 2 heterocycles. The maximum absolute atomic E-state index is 11.9. The number of anilines is 1. The van der Waals surface area contributed by atoms with Crippen molar-refractivity contribution in [3.63, 3.8) is 0 Å². The van der Waals surface area contributed by atoms with Crippen LogP contribution < -0.4 is 5.32 Å². The zero-order chi connectivity index (χ0) is 15.8. The van der Waals surface area contributed by atoms with Crippen LogP contribution in [0, 0.1) is 5.92 Å². The first-order valence-electron chi connectivity index (χ1n) is 7.68. The molecule has 0 unspecified atom stereocenters. The van der Waals surface area contributed by atoms with Crippen LogP contribution in [0.3, 0.4) is 0 Å². The molecular weight excluding hydrogens is 294 g/mol. The minimum atomic E-state index is 0.0361. The first-order valence-corrected chi connectivity index (χ1v) is 7.68. The van der Waals surface area contributed by atoms with E-state index in [9.17, 15) is 4.79 Å². The average molecular weight is 311 g/mol. The topological polar surface area (TPSA) is 107 Å². The van der Waals surface area contributed by atoms with Gasteiger partial charge in [-0.2, -0.15) is 5.10 Å². The molecule has 1 fully saturated rings. The maximum Gasteiger partial charge on any atom is 0.227 e. The Morgan fingerprint density at radius 1 is 1.39 bits per heavy atom. The second-order valence-electron chi connectivity index (χ2n) is 5.83. The van der Waals surface area contributed by atoms with Gasteiger partial charge < -0.3 is 15.4 Å². The normalized spacial score (nSPS) is 14.3. The summed E-state index contributed by atoms with van der Waals surface area (Å²) >= 11 is 0. The second kappa shape index (κ2) is 5.51. The Bertz CT molecular complexity index is 862. The van der Waals surface area contributed by atoms with Gasteiger partial charge >= 0.3 is 0 Å². The minimum Gasteiger partial charge on any atom is -0.396 e. The third-order valence-electron chi connectivity index (χ3n) is 4.03. The van der Waals surface area contributed by atoms with Crippen LogP contribution in [0.4, 0.5) is 5.69 Å². The lowest BCUT2D eigenvalue weighted by molar-refractivity contribution is -0.117. The van der Waals surface area contributed by atoms with E-state index in [1.807, 2.05) is 18.2 Å². The molecule has 0 radical (unpaired) electrons. The summed E-state index contributed by atoms with van der Waals surface area (Å²) in [4.78, 5) is 19.7. The second-order valence-corrected chi connectivity index (χ2v) is 5.83. The smallest absolute Gasteiger partial charge is 0.227 e. The summed E-state index contributed by atoms with van der Waals surface area (Å²) in [7, 11) is 0. The highest BCUT2D eigenvalue weighted by molar-refractivity contribution is 5.97. The Labute approximate surface area is 132 Å². The molecule has 0 bridgehead atoms. The van der Waals surface area contributed by atoms with E-state index in [0.717, 1.165) is 29.4 Å². The number of fused-ring (bicyclic) bond motifs is 1. The number of rotatable bonds is 5. The predicted octanol–water partition coefficient (Wildman–Crippen LogP) is 1.84. The van der Waals surface area contributed by atoms with E-state index in [2.05, 4.69) is 25.5 Å². The molecule has 1 aromatic carbocycles. The number of aromatic nitrogens is 4. The number of carbonyl (C=O) groups excluding carboxylic acids is 1. The monoisotopic (exact) mass is 311 g/mol. The lowest BCUT2D eigenvalue weighted by Crippen LogP contribution is -2.13. The van der Waals surface area contributed by atoms with E-state index < -0.39 is 0 Å². The van der Waals surface area contributed by atoms with Gasteiger partial charge in [-0.15, -0.1) is 0 Å². The summed E-state index contributed by atoms with van der Waals surface area (Å²) in [5.74, 6) is 0.799. The molecule has 0 aliphatic heterocycles. The number of benzene rings is 1. The molecular formula is C16H17N5O2. The maximum atomic E-state index is 11.9. The van der Waals surface area contributed by atoms with E-state index >= 15 is 0 Å². The number of hydrogen-bond donors (Lipinski definition) is 4. The van der Waals surface area contributed by atoms with Crippen LogP contribution in [0.1, 0.15) is 18.4 Å². The van der Waals surface area contributed by atoms with Gasteiger partial charge in [-0.1, -0.05) is 6.07 Å². The van der Waals surface area contributed by atoms with Crippen LogP contribution in [-0.4, -0.2) is 37.8 Å². The number of aliphatic hydroxyl groups excluding tert-OH is 1. The molecule has 23 heavy (non-hydrogen) atoms. The summed E-state index contributed by atoms with van der Waals surface area (Å²) < 4.78 is 0. The highest BCUT2D eigenvalue weighted by Crippen LogP contribution is 2.32. The molecule has 7 heteroatoms. The summed E-state index contributed by atoms with van der Waals surface area (Å²) in [6.45, 7) is 0.115. The van der Waals surface area contributed by atoms with Gasteiger partial charge in [0.05, 0.1) is 22.9 Å². The average Bonchev–Trinajstić information content (AvgIpc) is 3.16. The molecule has 0 saturated heterocycles. The van der Waals surface area contributed by atoms with Crippen LogP contribution in [0.2, 0.25) is 0 Å². The molecule has 118 valence electrons. The lowest BCUT2D eigenvalue weighted by atomic mass is 10.1. The summed E-state index contributed by atoms with van der Waals surface area (Å²) in [5, 5.41) is 18.8. The number of carbonyl (C=O) groups is 1. The summed E-state index contributed by atoms with van der Waals surface area (Å²) in [6, 6.07) is 5.84. The van der Waals surface area contributed by atoms with Crippen LogP contribution in [-0.2, 0) is 11.2 Å². The molecule has 7 nitrogen and oxygen atoms in total. The number of hydrogen-bond acceptors (Lipinski definition) is 4. The molecule has 1 aliphatic rings. The van der Waals surface area contributed by atoms with Crippen molar-refractivity contribution in [3.8, 4) is 11.5 Å². The number of amides is 1. The summed E-state index contributed by atoms with van der Waals surface area (Å²) in [5.41, 5.74) is 4.06. The zero-order valence-corrected chi connectivity index (χ0v) is 12.5. The van der Waals surface area contributed by atoms with Crippen LogP contribution in [0.5, 0.6) is 0 Å². The minimum absolute atomic E-state index is 0.0361. The van der Waals surface area contributed by atoms with Crippen molar-refractivity contribution in [1.29, 1.82) is 0 Å². The quantitative estimate of drug-likeness (QED) is 0.576. The van der Waals surface area contributed by atoms with Crippen molar-refractivity contribution in [1.82, 2.24) is 20.2 Å². The standard InChI is InChI=1S/C16H17N5O2/c22-6-5-9-1-4-11-12(7-9)19-15(18-11)14-13(8-17-21-14)20-16(23)10-2-3-10/h1,4,7-8,10,22H,2-3,5-6H2,(H,17,21)(H,18,19)(H,20,23). The molecule has 1 amide bonds. The molecule has 4 N–H and O–H groups in total. The van der Waals surface area contributed by atoms with Gasteiger partial charge in [0.1, 0.15) is 5.69 Å². The Kier molecular flexibility index (Phi) is 3.34. The number of aliphatic hydroxyl groups is 1.